The van der Waals surface area contributed by atoms with Gasteiger partial charge in [-0.15, -0.1) is 0 Å². The Morgan fingerprint density at radius 2 is 1.77 bits per heavy atom. The second-order valence-electron chi connectivity index (χ2n) is 7.34. The van der Waals surface area contributed by atoms with Crippen LogP contribution in [0.2, 0.25) is 0 Å². The van der Waals surface area contributed by atoms with E-state index in [4.69, 9.17) is 18.6 Å². The van der Waals surface area contributed by atoms with E-state index < -0.39 is 24.5 Å². The molecular weight excluding hydrogens is 464 g/mol. The summed E-state index contributed by atoms with van der Waals surface area (Å²) in [7, 11) is 2.77. The van der Waals surface area contributed by atoms with Crippen LogP contribution in [0.25, 0.3) is 11.0 Å². The average molecular weight is 485 g/mol. The Morgan fingerprint density at radius 1 is 1.06 bits per heavy atom. The molecule has 2 aromatic heterocycles. The first-order chi connectivity index (χ1) is 16.8. The number of anilines is 1. The third-order valence-electron chi connectivity index (χ3n) is 5.20. The molecule has 0 radical (unpaired) electrons. The maximum atomic E-state index is 13.8. The third-order valence-corrected chi connectivity index (χ3v) is 5.20. The number of carbonyl (C=O) groups is 2. The highest BCUT2D eigenvalue weighted by molar-refractivity contribution is 6.07. The van der Waals surface area contributed by atoms with Crippen molar-refractivity contribution in [2.45, 2.75) is 19.6 Å². The van der Waals surface area contributed by atoms with Crippen LogP contribution in [0.5, 0.6) is 11.5 Å². The number of hydrogen-bond donors (Lipinski definition) is 1. The minimum Gasteiger partial charge on any atom is -0.493 e. The zero-order valence-corrected chi connectivity index (χ0v) is 19.0. The van der Waals surface area contributed by atoms with Crippen LogP contribution in [-0.4, -0.2) is 35.6 Å². The number of nitrogens with zero attached hydrogens (tertiary/aromatic N) is 2. The monoisotopic (exact) mass is 485 g/mol. The number of para-hydroxylation sites is 2. The molecule has 1 unspecified atom stereocenters. The number of methoxy groups -OCH3 is 2. The summed E-state index contributed by atoms with van der Waals surface area (Å²) in [6.07, 6.45) is 0.181. The summed E-state index contributed by atoms with van der Waals surface area (Å²) in [5.74, 6) is -1.20. The van der Waals surface area contributed by atoms with Crippen LogP contribution in [0.15, 0.2) is 59.2 Å². The fraction of sp³-hybridized carbons (Fsp3) is 0.208. The van der Waals surface area contributed by atoms with Crippen molar-refractivity contribution in [3.05, 3.63) is 71.9 Å². The van der Waals surface area contributed by atoms with E-state index in [1.165, 1.54) is 57.7 Å². The maximum Gasteiger partial charge on any atom is 0.341 e. The molecule has 11 heteroatoms. The fourth-order valence-corrected chi connectivity index (χ4v) is 3.57. The third kappa shape index (κ3) is 4.65. The van der Waals surface area contributed by atoms with Crippen molar-refractivity contribution < 1.29 is 37.0 Å². The molecule has 0 fully saturated rings. The Kier molecular flexibility index (Phi) is 6.67. The van der Waals surface area contributed by atoms with Gasteiger partial charge in [0.1, 0.15) is 0 Å². The number of nitrogens with one attached hydrogen (secondary N) is 1. The van der Waals surface area contributed by atoms with E-state index in [9.17, 15) is 18.4 Å². The predicted octanol–water partition coefficient (Wildman–Crippen LogP) is 5.21. The zero-order valence-electron chi connectivity index (χ0n) is 19.0. The minimum atomic E-state index is -2.90. The molecule has 4 rings (SSSR count). The summed E-state index contributed by atoms with van der Waals surface area (Å²) in [6, 6.07) is 12.1. The lowest BCUT2D eigenvalue weighted by Crippen LogP contribution is -2.18. The molecule has 9 nitrogen and oxygen atoms in total. The SMILES string of the molecule is COc1cc(NC(=O)c2ccco2)c(C(=O)OC(C)c2nc3ccccc3n2C(F)F)cc1OC. The van der Waals surface area contributed by atoms with Gasteiger partial charge in [0.25, 0.3) is 5.91 Å². The standard InChI is InChI=1S/C24H21F2N3O6/c1-13(21-27-15-7-4-5-8-17(15)29(21)24(25)26)35-23(31)14-11-19(32-2)20(33-3)12-16(14)28-22(30)18-9-6-10-34-18/h4-13,24H,1-3H3,(H,28,30). The minimum absolute atomic E-state index is 0.0121. The molecule has 0 aliphatic carbocycles. The highest BCUT2D eigenvalue weighted by Crippen LogP contribution is 2.35. The molecule has 1 N–H and O–H groups in total. The van der Waals surface area contributed by atoms with E-state index in [-0.39, 0.29) is 39.9 Å². The van der Waals surface area contributed by atoms with Crippen molar-refractivity contribution in [1.82, 2.24) is 9.55 Å². The fourth-order valence-electron chi connectivity index (χ4n) is 3.57. The number of ether oxygens (including phenoxy) is 3. The van der Waals surface area contributed by atoms with Crippen molar-refractivity contribution >= 4 is 28.6 Å². The number of hydrogen-bond acceptors (Lipinski definition) is 7. The molecule has 2 heterocycles. The first-order valence-corrected chi connectivity index (χ1v) is 10.4. The number of halogens is 2. The van der Waals surface area contributed by atoms with Crippen molar-refractivity contribution in [2.75, 3.05) is 19.5 Å². The summed E-state index contributed by atoms with van der Waals surface area (Å²) < 4.78 is 49.5. The van der Waals surface area contributed by atoms with Crippen molar-refractivity contribution in [2.24, 2.45) is 0 Å². The molecule has 0 saturated heterocycles. The van der Waals surface area contributed by atoms with Crippen molar-refractivity contribution in [3.63, 3.8) is 0 Å². The maximum absolute atomic E-state index is 13.8. The molecular formula is C24H21F2N3O6. The van der Waals surface area contributed by atoms with Crippen LogP contribution in [-0.2, 0) is 4.74 Å². The number of furan rings is 1. The van der Waals surface area contributed by atoms with E-state index in [0.29, 0.717) is 10.1 Å². The molecule has 1 amide bonds. The summed E-state index contributed by atoms with van der Waals surface area (Å²) >= 11 is 0. The number of imidazole rings is 1. The molecule has 0 saturated carbocycles. The van der Waals surface area contributed by atoms with Crippen molar-refractivity contribution in [1.29, 1.82) is 0 Å². The number of aromatic nitrogens is 2. The second kappa shape index (κ2) is 9.84. The lowest BCUT2D eigenvalue weighted by atomic mass is 10.1. The second-order valence-corrected chi connectivity index (χ2v) is 7.34. The van der Waals surface area contributed by atoms with E-state index in [2.05, 4.69) is 10.3 Å². The number of rotatable bonds is 8. The Morgan fingerprint density at radius 3 is 2.43 bits per heavy atom. The van der Waals surface area contributed by atoms with E-state index in [1.807, 2.05) is 0 Å². The number of fused-ring (bicyclic) bond motifs is 1. The summed E-state index contributed by atoms with van der Waals surface area (Å²) in [5, 5.41) is 2.57. The number of alkyl halides is 2. The molecule has 35 heavy (non-hydrogen) atoms. The first-order valence-electron chi connectivity index (χ1n) is 10.4. The Labute approximate surface area is 198 Å². The van der Waals surface area contributed by atoms with Gasteiger partial charge in [-0.1, -0.05) is 12.1 Å². The predicted molar refractivity (Wildman–Crippen MR) is 121 cm³/mol. The van der Waals surface area contributed by atoms with E-state index in [0.717, 1.165) is 0 Å². The molecule has 0 aliphatic rings. The van der Waals surface area contributed by atoms with Gasteiger partial charge in [0.2, 0.25) is 0 Å². The van der Waals surface area contributed by atoms with Gasteiger partial charge >= 0.3 is 12.5 Å². The summed E-state index contributed by atoms with van der Waals surface area (Å²) in [5.41, 5.74) is 0.499. The Balaban J connectivity index is 1.69. The van der Waals surface area contributed by atoms with E-state index in [1.54, 1.807) is 18.2 Å². The molecule has 182 valence electrons. The van der Waals surface area contributed by atoms with Gasteiger partial charge < -0.3 is 23.9 Å². The molecule has 0 bridgehead atoms. The van der Waals surface area contributed by atoms with Crippen LogP contribution < -0.4 is 14.8 Å². The molecule has 0 spiro atoms. The molecule has 1 atom stereocenters. The van der Waals surface area contributed by atoms with Gasteiger partial charge in [0.05, 0.1) is 42.8 Å². The first kappa shape index (κ1) is 23.7. The van der Waals surface area contributed by atoms with Crippen LogP contribution >= 0.6 is 0 Å². The molecule has 4 aromatic rings. The molecule has 0 aliphatic heterocycles. The Bertz CT molecular complexity index is 1370. The van der Waals surface area contributed by atoms with Crippen LogP contribution in [0.4, 0.5) is 14.5 Å². The van der Waals surface area contributed by atoms with Gasteiger partial charge in [0, 0.05) is 12.1 Å². The molecule has 2 aromatic carbocycles. The van der Waals surface area contributed by atoms with Crippen LogP contribution in [0.3, 0.4) is 0 Å². The number of carbonyl (C=O) groups excluding carboxylic acids is 2. The topological polar surface area (TPSA) is 105 Å². The summed E-state index contributed by atoms with van der Waals surface area (Å²) in [6.45, 7) is -1.47. The van der Waals surface area contributed by atoms with Gasteiger partial charge in [-0.2, -0.15) is 8.78 Å². The van der Waals surface area contributed by atoms with Gasteiger partial charge in [0.15, 0.2) is 29.2 Å². The highest BCUT2D eigenvalue weighted by Gasteiger charge is 2.27. The number of esters is 1. The van der Waals surface area contributed by atoms with Crippen LogP contribution in [0.1, 0.15) is 46.3 Å². The van der Waals surface area contributed by atoms with Crippen LogP contribution in [0, 0.1) is 0 Å². The van der Waals surface area contributed by atoms with Crippen molar-refractivity contribution in [3.8, 4) is 11.5 Å². The highest BCUT2D eigenvalue weighted by atomic mass is 19.3. The van der Waals surface area contributed by atoms with Gasteiger partial charge in [-0.25, -0.2) is 9.78 Å². The quantitative estimate of drug-likeness (QED) is 0.342. The largest absolute Gasteiger partial charge is 0.493 e. The lowest BCUT2D eigenvalue weighted by molar-refractivity contribution is 0.0234. The zero-order chi connectivity index (χ0) is 25.1. The normalized spacial score (nSPS) is 11.9. The van der Waals surface area contributed by atoms with Gasteiger partial charge in [-0.3, -0.25) is 9.36 Å². The number of benzene rings is 2. The number of amides is 1. The average Bonchev–Trinajstić information content (AvgIpc) is 3.52. The van der Waals surface area contributed by atoms with Gasteiger partial charge in [-0.05, 0) is 31.2 Å². The Hall–Kier alpha value is -4.41. The summed E-state index contributed by atoms with van der Waals surface area (Å²) in [4.78, 5) is 29.9. The smallest absolute Gasteiger partial charge is 0.341 e. The lowest BCUT2D eigenvalue weighted by Gasteiger charge is -2.18. The van der Waals surface area contributed by atoms with E-state index >= 15 is 0 Å².